The molecule has 4 nitrogen and oxygen atoms in total. The minimum atomic E-state index is -0.493. The Morgan fingerprint density at radius 3 is 3.00 bits per heavy atom. The first-order chi connectivity index (χ1) is 6.11. The summed E-state index contributed by atoms with van der Waals surface area (Å²) in [4.78, 5) is 11.1. The van der Waals surface area contributed by atoms with Crippen molar-refractivity contribution >= 4 is 17.5 Å². The van der Waals surface area contributed by atoms with Gasteiger partial charge in [-0.15, -0.1) is 11.6 Å². The Morgan fingerprint density at radius 1 is 1.85 bits per heavy atom. The number of alkyl halides is 1. The fraction of sp³-hybridized carbons (Fsp3) is 0.500. The third-order valence-electron chi connectivity index (χ3n) is 1.75. The largest absolute Gasteiger partial charge is 0.351 e. The molecule has 72 valence electrons. The molecule has 0 aliphatic heterocycles. The molecule has 5 heteroatoms. The van der Waals surface area contributed by atoms with Crippen LogP contribution in [-0.4, -0.2) is 21.5 Å². The average molecular weight is 202 g/mol. The molecule has 1 rings (SSSR count). The second-order valence-corrected chi connectivity index (χ2v) is 3.51. The van der Waals surface area contributed by atoms with E-state index in [4.69, 9.17) is 11.6 Å². The van der Waals surface area contributed by atoms with Crippen LogP contribution in [0.3, 0.4) is 0 Å². The fourth-order valence-corrected chi connectivity index (χ4v) is 0.954. The van der Waals surface area contributed by atoms with Crippen LogP contribution >= 0.6 is 11.6 Å². The quantitative estimate of drug-likeness (QED) is 0.716. The summed E-state index contributed by atoms with van der Waals surface area (Å²) in [6.07, 6.45) is 1.69. The number of nitrogens with zero attached hydrogens (tertiary/aromatic N) is 1. The third-order valence-corrected chi connectivity index (χ3v) is 1.95. The van der Waals surface area contributed by atoms with Crippen molar-refractivity contribution in [2.24, 2.45) is 0 Å². The molecule has 1 unspecified atom stereocenters. The molecule has 1 aromatic rings. The molecule has 0 spiro atoms. The molecule has 0 aliphatic rings. The lowest BCUT2D eigenvalue weighted by molar-refractivity contribution is -0.120. The van der Waals surface area contributed by atoms with E-state index in [0.717, 1.165) is 11.3 Å². The van der Waals surface area contributed by atoms with Crippen molar-refractivity contribution in [1.82, 2.24) is 15.5 Å². The number of halogens is 1. The van der Waals surface area contributed by atoms with E-state index in [9.17, 15) is 4.79 Å². The summed E-state index contributed by atoms with van der Waals surface area (Å²) >= 11 is 5.57. The van der Waals surface area contributed by atoms with Crippen molar-refractivity contribution in [2.45, 2.75) is 25.8 Å². The summed E-state index contributed by atoms with van der Waals surface area (Å²) in [5, 5.41) is 8.82. The maximum Gasteiger partial charge on any atom is 0.238 e. The first-order valence-electron chi connectivity index (χ1n) is 4.02. The second kappa shape index (κ2) is 4.28. The van der Waals surface area contributed by atoms with Crippen LogP contribution in [0, 0.1) is 6.92 Å². The van der Waals surface area contributed by atoms with Crippen LogP contribution in [0.5, 0.6) is 0 Å². The first kappa shape index (κ1) is 10.1. The summed E-state index contributed by atoms with van der Waals surface area (Å²) in [5.41, 5.74) is 1.94. The summed E-state index contributed by atoms with van der Waals surface area (Å²) in [5.74, 6) is -0.165. The molecule has 0 radical (unpaired) electrons. The molecule has 0 aliphatic carbocycles. The van der Waals surface area contributed by atoms with Gasteiger partial charge >= 0.3 is 0 Å². The van der Waals surface area contributed by atoms with Gasteiger partial charge in [0, 0.05) is 17.8 Å². The highest BCUT2D eigenvalue weighted by molar-refractivity contribution is 6.30. The Morgan fingerprint density at radius 2 is 2.54 bits per heavy atom. The Kier molecular flexibility index (Phi) is 3.31. The minimum Gasteiger partial charge on any atom is -0.351 e. The van der Waals surface area contributed by atoms with Crippen LogP contribution < -0.4 is 5.32 Å². The lowest BCUT2D eigenvalue weighted by Crippen LogP contribution is -2.29. The highest BCUT2D eigenvalue weighted by Crippen LogP contribution is 2.02. The Balaban J connectivity index is 2.44. The number of carbonyl (C=O) groups excluding carboxylic acids is 1. The van der Waals surface area contributed by atoms with Gasteiger partial charge < -0.3 is 5.32 Å². The average Bonchev–Trinajstić information content (AvgIpc) is 2.47. The maximum absolute atomic E-state index is 11.1. The first-order valence-corrected chi connectivity index (χ1v) is 4.45. The molecule has 0 bridgehead atoms. The highest BCUT2D eigenvalue weighted by atomic mass is 35.5. The van der Waals surface area contributed by atoms with E-state index < -0.39 is 5.38 Å². The van der Waals surface area contributed by atoms with Crippen molar-refractivity contribution in [3.05, 3.63) is 17.5 Å². The number of carbonyl (C=O) groups is 1. The van der Waals surface area contributed by atoms with Crippen LogP contribution in [-0.2, 0) is 11.3 Å². The number of nitrogens with one attached hydrogen (secondary N) is 2. The number of hydrogen-bond donors (Lipinski definition) is 2. The third kappa shape index (κ3) is 2.73. The maximum atomic E-state index is 11.1. The van der Waals surface area contributed by atoms with Gasteiger partial charge in [-0.3, -0.25) is 9.89 Å². The smallest absolute Gasteiger partial charge is 0.238 e. The van der Waals surface area contributed by atoms with Crippen molar-refractivity contribution in [3.63, 3.8) is 0 Å². The van der Waals surface area contributed by atoms with E-state index in [-0.39, 0.29) is 5.91 Å². The number of hydrogen-bond acceptors (Lipinski definition) is 2. The molecule has 1 aromatic heterocycles. The lowest BCUT2D eigenvalue weighted by atomic mass is 10.2. The molecular weight excluding hydrogens is 190 g/mol. The van der Waals surface area contributed by atoms with Gasteiger partial charge in [0.25, 0.3) is 0 Å². The number of aryl methyl sites for hydroxylation is 1. The zero-order valence-electron chi connectivity index (χ0n) is 7.60. The fourth-order valence-electron chi connectivity index (χ4n) is 0.877. The summed E-state index contributed by atoms with van der Waals surface area (Å²) in [6, 6.07) is 0. The number of aromatic nitrogens is 2. The van der Waals surface area contributed by atoms with E-state index in [1.807, 2.05) is 6.92 Å². The Hall–Kier alpha value is -1.03. The van der Waals surface area contributed by atoms with E-state index in [0.29, 0.717) is 6.54 Å². The van der Waals surface area contributed by atoms with Crippen molar-refractivity contribution in [3.8, 4) is 0 Å². The van der Waals surface area contributed by atoms with Crippen LogP contribution in [0.4, 0.5) is 0 Å². The van der Waals surface area contributed by atoms with Crippen LogP contribution in [0.2, 0.25) is 0 Å². The van der Waals surface area contributed by atoms with Gasteiger partial charge in [0.2, 0.25) is 5.91 Å². The molecule has 1 amide bonds. The van der Waals surface area contributed by atoms with Gasteiger partial charge in [-0.05, 0) is 13.8 Å². The molecule has 1 atom stereocenters. The van der Waals surface area contributed by atoms with Gasteiger partial charge in [0.05, 0.1) is 6.20 Å². The predicted octanol–water partition coefficient (Wildman–Crippen LogP) is 0.962. The number of aromatic amines is 1. The van der Waals surface area contributed by atoms with Crippen molar-refractivity contribution < 1.29 is 4.79 Å². The molecule has 0 aromatic carbocycles. The zero-order chi connectivity index (χ0) is 9.84. The SMILES string of the molecule is Cc1[nH]ncc1CNC(=O)C(C)Cl. The van der Waals surface area contributed by atoms with E-state index in [1.54, 1.807) is 13.1 Å². The Labute approximate surface area is 81.7 Å². The summed E-state index contributed by atoms with van der Waals surface area (Å²) in [6.45, 7) is 4.01. The highest BCUT2D eigenvalue weighted by Gasteiger charge is 2.08. The predicted molar refractivity (Wildman–Crippen MR) is 50.5 cm³/mol. The van der Waals surface area contributed by atoms with Gasteiger partial charge in [0.15, 0.2) is 0 Å². The molecule has 13 heavy (non-hydrogen) atoms. The topological polar surface area (TPSA) is 57.8 Å². The van der Waals surface area contributed by atoms with Crippen LogP contribution in [0.1, 0.15) is 18.2 Å². The van der Waals surface area contributed by atoms with Gasteiger partial charge in [-0.2, -0.15) is 5.10 Å². The standard InChI is InChI=1S/C8H12ClN3O/c1-5(9)8(13)10-3-7-4-11-12-6(7)2/h4-5H,3H2,1-2H3,(H,10,13)(H,11,12). The van der Waals surface area contributed by atoms with Gasteiger partial charge in [-0.1, -0.05) is 0 Å². The van der Waals surface area contributed by atoms with Crippen LogP contribution in [0.15, 0.2) is 6.20 Å². The monoisotopic (exact) mass is 201 g/mol. The summed E-state index contributed by atoms with van der Waals surface area (Å²) < 4.78 is 0. The summed E-state index contributed by atoms with van der Waals surface area (Å²) in [7, 11) is 0. The Bertz CT molecular complexity index is 295. The molecule has 1 heterocycles. The molecule has 0 fully saturated rings. The van der Waals surface area contributed by atoms with Gasteiger partial charge in [0.1, 0.15) is 5.38 Å². The second-order valence-electron chi connectivity index (χ2n) is 2.85. The lowest BCUT2D eigenvalue weighted by Gasteiger charge is -2.04. The minimum absolute atomic E-state index is 0.165. The van der Waals surface area contributed by atoms with Crippen LogP contribution in [0.25, 0.3) is 0 Å². The number of rotatable bonds is 3. The van der Waals surface area contributed by atoms with E-state index in [2.05, 4.69) is 15.5 Å². The van der Waals surface area contributed by atoms with Crippen molar-refractivity contribution in [1.29, 1.82) is 0 Å². The molecule has 0 saturated heterocycles. The normalized spacial score (nSPS) is 12.5. The molecule has 0 saturated carbocycles. The van der Waals surface area contributed by atoms with Gasteiger partial charge in [-0.25, -0.2) is 0 Å². The zero-order valence-corrected chi connectivity index (χ0v) is 8.35. The molecular formula is C8H12ClN3O. The van der Waals surface area contributed by atoms with E-state index in [1.165, 1.54) is 0 Å². The van der Waals surface area contributed by atoms with E-state index >= 15 is 0 Å². The number of amides is 1. The molecule has 2 N–H and O–H groups in total. The number of H-pyrrole nitrogens is 1. The van der Waals surface area contributed by atoms with Crippen molar-refractivity contribution in [2.75, 3.05) is 0 Å².